The summed E-state index contributed by atoms with van der Waals surface area (Å²) < 4.78 is 0. The van der Waals surface area contributed by atoms with Gasteiger partial charge in [-0.1, -0.05) is 6.07 Å². The van der Waals surface area contributed by atoms with Gasteiger partial charge in [-0.3, -0.25) is 9.59 Å². The van der Waals surface area contributed by atoms with Crippen molar-refractivity contribution < 1.29 is 9.59 Å². The first-order valence-corrected chi connectivity index (χ1v) is 9.32. The summed E-state index contributed by atoms with van der Waals surface area (Å²) in [6.45, 7) is 3.39. The topological polar surface area (TPSA) is 74.3 Å². The van der Waals surface area contributed by atoms with Crippen molar-refractivity contribution in [2.24, 2.45) is 0 Å². The minimum atomic E-state index is -0.315. The van der Waals surface area contributed by atoms with Crippen molar-refractivity contribution in [2.45, 2.75) is 32.2 Å². The number of anilines is 2. The van der Waals surface area contributed by atoms with Crippen LogP contribution in [0.1, 0.15) is 37.1 Å². The average Bonchev–Trinajstić information content (AvgIpc) is 3.28. The van der Waals surface area contributed by atoms with Crippen molar-refractivity contribution in [2.75, 3.05) is 23.3 Å². The van der Waals surface area contributed by atoms with Crippen molar-refractivity contribution in [3.63, 3.8) is 0 Å². The number of nitrogens with one attached hydrogen (secondary N) is 2. The van der Waals surface area contributed by atoms with E-state index in [1.807, 2.05) is 29.6 Å². The van der Waals surface area contributed by atoms with E-state index in [1.54, 1.807) is 6.20 Å². The lowest BCUT2D eigenvalue weighted by atomic mass is 10.1. The number of thiophene rings is 1. The minimum absolute atomic E-state index is 0.138. The van der Waals surface area contributed by atoms with Gasteiger partial charge in [-0.05, 0) is 36.4 Å². The first-order chi connectivity index (χ1) is 12.1. The zero-order valence-corrected chi connectivity index (χ0v) is 15.0. The highest BCUT2D eigenvalue weighted by Crippen LogP contribution is 2.27. The van der Waals surface area contributed by atoms with Gasteiger partial charge in [0.05, 0.1) is 18.2 Å². The van der Waals surface area contributed by atoms with E-state index in [9.17, 15) is 9.59 Å². The predicted molar refractivity (Wildman–Crippen MR) is 99.8 cm³/mol. The number of carbonyl (C=O) groups is 2. The monoisotopic (exact) mass is 358 g/mol. The summed E-state index contributed by atoms with van der Waals surface area (Å²) in [5.41, 5.74) is 0.724. The normalized spacial score (nSPS) is 15.0. The first kappa shape index (κ1) is 17.4. The molecule has 1 atom stereocenters. The van der Waals surface area contributed by atoms with Crippen LogP contribution in [0.15, 0.2) is 35.8 Å². The van der Waals surface area contributed by atoms with Gasteiger partial charge in [0.25, 0.3) is 0 Å². The maximum Gasteiger partial charge on any atom is 0.226 e. The molecular formula is C18H22N4O2S. The third-order valence-corrected chi connectivity index (χ3v) is 5.11. The Morgan fingerprint density at radius 2 is 2.08 bits per heavy atom. The highest BCUT2D eigenvalue weighted by molar-refractivity contribution is 7.10. The Morgan fingerprint density at radius 3 is 2.76 bits per heavy atom. The van der Waals surface area contributed by atoms with E-state index in [-0.39, 0.29) is 24.3 Å². The highest BCUT2D eigenvalue weighted by atomic mass is 32.1. The molecule has 3 rings (SSSR count). The van der Waals surface area contributed by atoms with Crippen LogP contribution in [-0.2, 0) is 9.59 Å². The average molecular weight is 358 g/mol. The quantitative estimate of drug-likeness (QED) is 0.833. The molecule has 0 bridgehead atoms. The molecule has 1 aliphatic rings. The van der Waals surface area contributed by atoms with Crippen LogP contribution < -0.4 is 15.5 Å². The van der Waals surface area contributed by atoms with Gasteiger partial charge in [0.2, 0.25) is 11.8 Å². The molecule has 2 amide bonds. The van der Waals surface area contributed by atoms with Crippen molar-refractivity contribution in [3.05, 3.63) is 40.7 Å². The maximum absolute atomic E-state index is 12.6. The Hall–Kier alpha value is -2.41. The number of carbonyl (C=O) groups excluding carboxylic acids is 2. The van der Waals surface area contributed by atoms with Gasteiger partial charge in [0.15, 0.2) is 5.82 Å². The van der Waals surface area contributed by atoms with Crippen molar-refractivity contribution >= 4 is 34.7 Å². The van der Waals surface area contributed by atoms with Crippen LogP contribution >= 0.6 is 11.3 Å². The minimum Gasteiger partial charge on any atom is -0.355 e. The van der Waals surface area contributed by atoms with E-state index < -0.39 is 0 Å². The molecule has 25 heavy (non-hydrogen) atoms. The molecule has 0 saturated carbocycles. The van der Waals surface area contributed by atoms with Crippen LogP contribution in [0.5, 0.6) is 0 Å². The molecular weight excluding hydrogens is 336 g/mol. The van der Waals surface area contributed by atoms with Gasteiger partial charge in [0.1, 0.15) is 0 Å². The van der Waals surface area contributed by atoms with Gasteiger partial charge in [-0.2, -0.15) is 0 Å². The lowest BCUT2D eigenvalue weighted by Crippen LogP contribution is -2.29. The van der Waals surface area contributed by atoms with Crippen LogP contribution in [0.4, 0.5) is 11.5 Å². The van der Waals surface area contributed by atoms with Gasteiger partial charge >= 0.3 is 0 Å². The summed E-state index contributed by atoms with van der Waals surface area (Å²) in [5, 5.41) is 7.76. The second-order valence-corrected chi connectivity index (χ2v) is 7.07. The van der Waals surface area contributed by atoms with Crippen LogP contribution in [0, 0.1) is 0 Å². The molecule has 1 fully saturated rings. The molecule has 0 unspecified atom stereocenters. The molecule has 6 nitrogen and oxygen atoms in total. The van der Waals surface area contributed by atoms with Crippen LogP contribution in [-0.4, -0.2) is 29.9 Å². The zero-order chi connectivity index (χ0) is 17.6. The fraction of sp³-hybridized carbons (Fsp3) is 0.389. The summed E-state index contributed by atoms with van der Waals surface area (Å²) in [7, 11) is 0. The second-order valence-electron chi connectivity index (χ2n) is 6.09. The molecule has 0 spiro atoms. The van der Waals surface area contributed by atoms with Crippen molar-refractivity contribution in [1.82, 2.24) is 10.3 Å². The molecule has 132 valence electrons. The smallest absolute Gasteiger partial charge is 0.226 e. The zero-order valence-electron chi connectivity index (χ0n) is 14.2. The number of hydrogen-bond donors (Lipinski definition) is 2. The summed E-state index contributed by atoms with van der Waals surface area (Å²) >= 11 is 1.53. The molecule has 2 aromatic rings. The molecule has 1 aliphatic heterocycles. The van der Waals surface area contributed by atoms with E-state index in [0.717, 1.165) is 42.3 Å². The Balaban J connectivity index is 1.70. The molecule has 2 aromatic heterocycles. The molecule has 0 radical (unpaired) electrons. The lowest BCUT2D eigenvalue weighted by Gasteiger charge is -2.21. The summed E-state index contributed by atoms with van der Waals surface area (Å²) in [4.78, 5) is 31.6. The van der Waals surface area contributed by atoms with Crippen LogP contribution in [0.2, 0.25) is 0 Å². The molecule has 3 heterocycles. The number of amides is 2. The fourth-order valence-electron chi connectivity index (χ4n) is 3.02. The predicted octanol–water partition coefficient (Wildman–Crippen LogP) is 2.95. The van der Waals surface area contributed by atoms with Gasteiger partial charge < -0.3 is 15.5 Å². The standard InChI is InChI=1S/C18H22N4O2S/c1-13(23)20-15(16-7-5-11-25-16)12-17(24)21-14-6-4-8-19-18(14)22-9-2-3-10-22/h4-8,11,15H,2-3,9-10,12H2,1H3,(H,20,23)(H,21,24)/t15-/m0/s1. The molecule has 1 saturated heterocycles. The summed E-state index contributed by atoms with van der Waals surface area (Å²) in [6, 6.07) is 7.22. The Morgan fingerprint density at radius 1 is 1.28 bits per heavy atom. The number of aromatic nitrogens is 1. The number of hydrogen-bond acceptors (Lipinski definition) is 5. The van der Waals surface area contributed by atoms with E-state index >= 15 is 0 Å². The Bertz CT molecular complexity index is 726. The number of rotatable bonds is 6. The van der Waals surface area contributed by atoms with E-state index in [0.29, 0.717) is 0 Å². The van der Waals surface area contributed by atoms with Gasteiger partial charge in [0, 0.05) is 31.1 Å². The third kappa shape index (κ3) is 4.57. The van der Waals surface area contributed by atoms with Crippen molar-refractivity contribution in [1.29, 1.82) is 0 Å². The van der Waals surface area contributed by atoms with E-state index in [1.165, 1.54) is 18.3 Å². The van der Waals surface area contributed by atoms with E-state index in [2.05, 4.69) is 20.5 Å². The lowest BCUT2D eigenvalue weighted by molar-refractivity contribution is -0.120. The SMILES string of the molecule is CC(=O)N[C@@H](CC(=O)Nc1cccnc1N1CCCC1)c1cccs1. The van der Waals surface area contributed by atoms with Crippen LogP contribution in [0.3, 0.4) is 0 Å². The highest BCUT2D eigenvalue weighted by Gasteiger charge is 2.21. The van der Waals surface area contributed by atoms with Gasteiger partial charge in [-0.15, -0.1) is 11.3 Å². The van der Waals surface area contributed by atoms with E-state index in [4.69, 9.17) is 0 Å². The first-order valence-electron chi connectivity index (χ1n) is 8.44. The molecule has 7 heteroatoms. The van der Waals surface area contributed by atoms with Crippen LogP contribution in [0.25, 0.3) is 0 Å². The third-order valence-electron chi connectivity index (χ3n) is 4.12. The summed E-state index contributed by atoms with van der Waals surface area (Å²) in [5.74, 6) is 0.534. The van der Waals surface area contributed by atoms with Gasteiger partial charge in [-0.25, -0.2) is 4.98 Å². The van der Waals surface area contributed by atoms with Crippen molar-refractivity contribution in [3.8, 4) is 0 Å². The fourth-order valence-corrected chi connectivity index (χ4v) is 3.80. The maximum atomic E-state index is 12.6. The molecule has 2 N–H and O–H groups in total. The molecule has 0 aromatic carbocycles. The Labute approximate surface area is 151 Å². The summed E-state index contributed by atoms with van der Waals surface area (Å²) in [6.07, 6.45) is 4.23. The number of nitrogens with zero attached hydrogens (tertiary/aromatic N) is 2. The Kier molecular flexibility index (Phi) is 5.65. The number of pyridine rings is 1. The second kappa shape index (κ2) is 8.11. The largest absolute Gasteiger partial charge is 0.355 e. The molecule has 0 aliphatic carbocycles.